The summed E-state index contributed by atoms with van der Waals surface area (Å²) >= 11 is 0. The van der Waals surface area contributed by atoms with Gasteiger partial charge in [-0.05, 0) is 56.0 Å². The second kappa shape index (κ2) is 8.57. The summed E-state index contributed by atoms with van der Waals surface area (Å²) in [5.41, 5.74) is 3.83. The molecular weight excluding hydrogens is 360 g/mol. The van der Waals surface area contributed by atoms with Gasteiger partial charge in [0.2, 0.25) is 15.9 Å². The summed E-state index contributed by atoms with van der Waals surface area (Å²) in [5, 5.41) is 2.97. The lowest BCUT2D eigenvalue weighted by atomic mass is 10.0. The molecule has 5 nitrogen and oxygen atoms in total. The van der Waals surface area contributed by atoms with Gasteiger partial charge < -0.3 is 5.32 Å². The van der Waals surface area contributed by atoms with Crippen LogP contribution in [0.25, 0.3) is 0 Å². The summed E-state index contributed by atoms with van der Waals surface area (Å²) in [4.78, 5) is 13.0. The fraction of sp³-hybridized carbons (Fsp3) is 0.381. The van der Waals surface area contributed by atoms with Crippen molar-refractivity contribution in [3.63, 3.8) is 0 Å². The molecule has 0 unspecified atom stereocenters. The van der Waals surface area contributed by atoms with Crippen LogP contribution in [-0.4, -0.2) is 26.6 Å². The van der Waals surface area contributed by atoms with Crippen LogP contribution >= 0.6 is 0 Å². The Labute approximate surface area is 162 Å². The Morgan fingerprint density at radius 3 is 2.22 bits per heavy atom. The van der Waals surface area contributed by atoms with Gasteiger partial charge in [-0.3, -0.25) is 9.10 Å². The first-order valence-electron chi connectivity index (χ1n) is 9.07. The number of rotatable bonds is 7. The molecule has 0 bridgehead atoms. The van der Waals surface area contributed by atoms with Crippen molar-refractivity contribution in [2.24, 2.45) is 0 Å². The van der Waals surface area contributed by atoms with Crippen LogP contribution in [-0.2, 0) is 14.8 Å². The van der Waals surface area contributed by atoms with Crippen molar-refractivity contribution in [2.45, 2.75) is 46.2 Å². The molecule has 0 spiro atoms. The molecule has 0 aliphatic carbocycles. The lowest BCUT2D eigenvalue weighted by Crippen LogP contribution is -2.49. The number of sulfonamides is 1. The molecule has 1 amide bonds. The van der Waals surface area contributed by atoms with Crippen LogP contribution in [0.2, 0.25) is 0 Å². The normalized spacial score (nSPS) is 13.7. The molecule has 0 fully saturated rings. The third-order valence-corrected chi connectivity index (χ3v) is 5.91. The summed E-state index contributed by atoms with van der Waals surface area (Å²) < 4.78 is 26.0. The highest BCUT2D eigenvalue weighted by Crippen LogP contribution is 2.23. The number of anilines is 1. The number of hydrogen-bond donors (Lipinski definition) is 1. The van der Waals surface area contributed by atoms with Gasteiger partial charge in [-0.15, -0.1) is 0 Å². The van der Waals surface area contributed by atoms with Crippen molar-refractivity contribution in [3.05, 3.63) is 65.2 Å². The van der Waals surface area contributed by atoms with Crippen molar-refractivity contribution in [1.82, 2.24) is 5.32 Å². The van der Waals surface area contributed by atoms with Gasteiger partial charge in [0.05, 0.1) is 18.0 Å². The number of benzene rings is 2. The van der Waals surface area contributed by atoms with Crippen molar-refractivity contribution < 1.29 is 13.2 Å². The van der Waals surface area contributed by atoms with E-state index < -0.39 is 16.1 Å². The monoisotopic (exact) mass is 388 g/mol. The van der Waals surface area contributed by atoms with Gasteiger partial charge >= 0.3 is 0 Å². The van der Waals surface area contributed by atoms with Gasteiger partial charge in [0, 0.05) is 0 Å². The molecule has 0 saturated carbocycles. The van der Waals surface area contributed by atoms with Crippen molar-refractivity contribution in [3.8, 4) is 0 Å². The van der Waals surface area contributed by atoms with Crippen LogP contribution in [0.3, 0.4) is 0 Å². The van der Waals surface area contributed by atoms with E-state index in [1.54, 1.807) is 24.3 Å². The lowest BCUT2D eigenvalue weighted by molar-refractivity contribution is -0.122. The molecule has 2 rings (SSSR count). The average Bonchev–Trinajstić information content (AvgIpc) is 2.61. The number of hydrogen-bond acceptors (Lipinski definition) is 3. The van der Waals surface area contributed by atoms with E-state index >= 15 is 0 Å². The van der Waals surface area contributed by atoms with Crippen LogP contribution in [0.15, 0.2) is 48.5 Å². The van der Waals surface area contributed by atoms with Crippen LogP contribution in [0.5, 0.6) is 0 Å². The number of nitrogens with one attached hydrogen (secondary N) is 1. The highest BCUT2D eigenvalue weighted by molar-refractivity contribution is 7.92. The molecule has 1 N–H and O–H groups in total. The first-order valence-corrected chi connectivity index (χ1v) is 10.9. The minimum atomic E-state index is -3.61. The number of nitrogens with zero attached hydrogens (tertiary/aromatic N) is 1. The molecule has 0 radical (unpaired) electrons. The second-order valence-corrected chi connectivity index (χ2v) is 8.75. The Kier molecular flexibility index (Phi) is 6.65. The Hall–Kier alpha value is -2.34. The zero-order valence-corrected chi connectivity index (χ0v) is 17.4. The molecule has 2 atom stereocenters. The predicted molar refractivity (Wildman–Crippen MR) is 110 cm³/mol. The lowest BCUT2D eigenvalue weighted by Gasteiger charge is -2.31. The largest absolute Gasteiger partial charge is 0.348 e. The Morgan fingerprint density at radius 1 is 1.07 bits per heavy atom. The van der Waals surface area contributed by atoms with E-state index in [1.165, 1.54) is 9.87 Å². The van der Waals surface area contributed by atoms with Crippen LogP contribution in [0, 0.1) is 13.8 Å². The minimum absolute atomic E-state index is 0.219. The first-order chi connectivity index (χ1) is 12.6. The molecule has 27 heavy (non-hydrogen) atoms. The zero-order valence-electron chi connectivity index (χ0n) is 16.6. The maximum absolute atomic E-state index is 13.0. The Morgan fingerprint density at radius 2 is 1.70 bits per heavy atom. The zero-order chi connectivity index (χ0) is 20.2. The third kappa shape index (κ3) is 5.10. The quantitative estimate of drug-likeness (QED) is 0.786. The number of carbonyl (C=O) groups is 1. The standard InChI is InChI=1S/C21H28N2O3S/c1-6-20(23(27(5,25)26)19-10-8-7-9-11-19)21(24)22-17(4)18-13-12-15(2)16(3)14-18/h7-14,17,20H,6H2,1-5H3,(H,22,24)/t17-,20-/m1/s1. The summed E-state index contributed by atoms with van der Waals surface area (Å²) in [6.07, 6.45) is 1.50. The van der Waals surface area contributed by atoms with Gasteiger partial charge in [-0.1, -0.05) is 43.3 Å². The molecule has 0 aliphatic heterocycles. The van der Waals surface area contributed by atoms with E-state index in [0.717, 1.165) is 17.4 Å². The summed E-state index contributed by atoms with van der Waals surface area (Å²) in [7, 11) is -3.61. The Balaban J connectivity index is 2.28. The first kappa shape index (κ1) is 21.0. The molecule has 2 aromatic carbocycles. The minimum Gasteiger partial charge on any atom is -0.348 e. The van der Waals surface area contributed by atoms with E-state index in [-0.39, 0.29) is 11.9 Å². The molecule has 2 aromatic rings. The molecule has 0 aliphatic rings. The van der Waals surface area contributed by atoms with Crippen molar-refractivity contribution in [2.75, 3.05) is 10.6 Å². The highest BCUT2D eigenvalue weighted by Gasteiger charge is 2.32. The number of amides is 1. The van der Waals surface area contributed by atoms with Gasteiger partial charge in [0.25, 0.3) is 0 Å². The topological polar surface area (TPSA) is 66.5 Å². The predicted octanol–water partition coefficient (Wildman–Crippen LogP) is 3.73. The van der Waals surface area contributed by atoms with E-state index in [2.05, 4.69) is 5.32 Å². The van der Waals surface area contributed by atoms with Crippen molar-refractivity contribution in [1.29, 1.82) is 0 Å². The number of aryl methyl sites for hydroxylation is 2. The second-order valence-electron chi connectivity index (χ2n) is 6.89. The van der Waals surface area contributed by atoms with E-state index in [1.807, 2.05) is 52.0 Å². The van der Waals surface area contributed by atoms with Crippen LogP contribution in [0.4, 0.5) is 5.69 Å². The fourth-order valence-electron chi connectivity index (χ4n) is 3.06. The van der Waals surface area contributed by atoms with Gasteiger partial charge in [-0.2, -0.15) is 0 Å². The molecule has 0 aromatic heterocycles. The maximum Gasteiger partial charge on any atom is 0.244 e. The number of para-hydroxylation sites is 1. The summed E-state index contributed by atoms with van der Waals surface area (Å²) in [6, 6.07) is 13.8. The van der Waals surface area contributed by atoms with E-state index in [0.29, 0.717) is 12.1 Å². The molecule has 0 heterocycles. The van der Waals surface area contributed by atoms with Gasteiger partial charge in [0.1, 0.15) is 6.04 Å². The van der Waals surface area contributed by atoms with Crippen LogP contribution in [0.1, 0.15) is 43.0 Å². The van der Waals surface area contributed by atoms with E-state index in [9.17, 15) is 13.2 Å². The van der Waals surface area contributed by atoms with Gasteiger partial charge in [0.15, 0.2) is 0 Å². The van der Waals surface area contributed by atoms with Gasteiger partial charge in [-0.25, -0.2) is 8.42 Å². The summed E-state index contributed by atoms with van der Waals surface area (Å²) in [6.45, 7) is 7.79. The average molecular weight is 389 g/mol. The summed E-state index contributed by atoms with van der Waals surface area (Å²) in [5.74, 6) is -0.308. The maximum atomic E-state index is 13.0. The fourth-order valence-corrected chi connectivity index (χ4v) is 4.27. The molecule has 146 valence electrons. The highest BCUT2D eigenvalue weighted by atomic mass is 32.2. The third-order valence-electron chi connectivity index (χ3n) is 4.73. The Bertz CT molecular complexity index is 895. The molecule has 0 saturated heterocycles. The van der Waals surface area contributed by atoms with Crippen molar-refractivity contribution >= 4 is 21.6 Å². The van der Waals surface area contributed by atoms with E-state index in [4.69, 9.17) is 0 Å². The number of carbonyl (C=O) groups excluding carboxylic acids is 1. The molecular formula is C21H28N2O3S. The SMILES string of the molecule is CC[C@H](C(=O)N[C@H](C)c1ccc(C)c(C)c1)N(c1ccccc1)S(C)(=O)=O. The molecule has 6 heteroatoms. The van der Waals surface area contributed by atoms with Crippen LogP contribution < -0.4 is 9.62 Å². The smallest absolute Gasteiger partial charge is 0.244 e.